The van der Waals surface area contributed by atoms with Crippen molar-refractivity contribution in [1.82, 2.24) is 15.3 Å². The zero-order valence-corrected chi connectivity index (χ0v) is 11.0. The molecular weight excluding hydrogens is 252 g/mol. The Balaban J connectivity index is 1.76. The molecule has 0 saturated carbocycles. The van der Waals surface area contributed by atoms with Gasteiger partial charge in [-0.15, -0.1) is 0 Å². The summed E-state index contributed by atoms with van der Waals surface area (Å²) in [5.74, 6) is 0.193. The van der Waals surface area contributed by atoms with Gasteiger partial charge < -0.3 is 9.64 Å². The fourth-order valence-corrected chi connectivity index (χ4v) is 1.96. The highest BCUT2D eigenvalue weighted by Crippen LogP contribution is 2.14. The van der Waals surface area contributed by atoms with Gasteiger partial charge in [0, 0.05) is 32.7 Å². The molecule has 1 saturated heterocycles. The van der Waals surface area contributed by atoms with Crippen molar-refractivity contribution in [2.24, 2.45) is 0 Å². The molecule has 0 amide bonds. The van der Waals surface area contributed by atoms with Crippen LogP contribution in [0.1, 0.15) is 5.56 Å². The van der Waals surface area contributed by atoms with E-state index in [4.69, 9.17) is 0 Å². The van der Waals surface area contributed by atoms with Crippen molar-refractivity contribution in [1.29, 1.82) is 0 Å². The largest absolute Gasteiger partial charge is 0.435 e. The summed E-state index contributed by atoms with van der Waals surface area (Å²) < 4.78 is 28.3. The highest BCUT2D eigenvalue weighted by molar-refractivity contribution is 5.27. The first-order valence-corrected chi connectivity index (χ1v) is 6.34. The molecule has 0 bridgehead atoms. The van der Waals surface area contributed by atoms with Gasteiger partial charge in [0.25, 0.3) is 0 Å². The summed E-state index contributed by atoms with van der Waals surface area (Å²) in [5, 5.41) is 2.18. The lowest BCUT2D eigenvalue weighted by Gasteiger charge is -2.32. The Morgan fingerprint density at radius 3 is 2.37 bits per heavy atom. The van der Waals surface area contributed by atoms with E-state index in [0.29, 0.717) is 6.54 Å². The average Bonchev–Trinajstić information content (AvgIpc) is 2.39. The molecule has 6 heteroatoms. The second-order valence-corrected chi connectivity index (χ2v) is 4.65. The molecular formula is C13H19F2N3O. The number of nitrogens with one attached hydrogen (secondary N) is 1. The maximum Gasteiger partial charge on any atom is 0.387 e. The molecule has 0 unspecified atom stereocenters. The highest BCUT2D eigenvalue weighted by atomic mass is 19.3. The Morgan fingerprint density at radius 1 is 1.16 bits per heavy atom. The fraction of sp³-hybridized carbons (Fsp3) is 0.538. The molecule has 1 aliphatic rings. The minimum Gasteiger partial charge on any atom is -0.435 e. The van der Waals surface area contributed by atoms with Crippen molar-refractivity contribution in [3.63, 3.8) is 0 Å². The monoisotopic (exact) mass is 271 g/mol. The van der Waals surface area contributed by atoms with Crippen LogP contribution in [0.4, 0.5) is 8.78 Å². The molecule has 1 aromatic carbocycles. The smallest absolute Gasteiger partial charge is 0.387 e. The van der Waals surface area contributed by atoms with E-state index in [9.17, 15) is 8.78 Å². The Morgan fingerprint density at radius 2 is 1.79 bits per heavy atom. The molecule has 0 radical (unpaired) electrons. The second kappa shape index (κ2) is 6.79. The summed E-state index contributed by atoms with van der Waals surface area (Å²) in [4.78, 5) is 2.29. The maximum absolute atomic E-state index is 12.0. The second-order valence-electron chi connectivity index (χ2n) is 4.65. The lowest BCUT2D eigenvalue weighted by molar-refractivity contribution is -0.0498. The summed E-state index contributed by atoms with van der Waals surface area (Å²) in [7, 11) is 2.11. The number of halogens is 2. The van der Waals surface area contributed by atoms with Gasteiger partial charge in [-0.3, -0.25) is 5.43 Å². The molecule has 19 heavy (non-hydrogen) atoms. The number of hydrogen-bond donors (Lipinski definition) is 1. The summed E-state index contributed by atoms with van der Waals surface area (Å²) in [5.41, 5.74) is 4.38. The molecule has 2 rings (SSSR count). The first-order valence-electron chi connectivity index (χ1n) is 6.34. The van der Waals surface area contributed by atoms with Crippen molar-refractivity contribution >= 4 is 0 Å². The predicted octanol–water partition coefficient (Wildman–Crippen LogP) is 1.54. The molecule has 1 aliphatic heterocycles. The zero-order valence-electron chi connectivity index (χ0n) is 11.0. The number of hydrogen-bond acceptors (Lipinski definition) is 4. The van der Waals surface area contributed by atoms with Crippen LogP contribution in [-0.2, 0) is 6.54 Å². The molecule has 1 heterocycles. The number of benzene rings is 1. The van der Waals surface area contributed by atoms with E-state index in [1.54, 1.807) is 24.3 Å². The minimum absolute atomic E-state index is 0.193. The summed E-state index contributed by atoms with van der Waals surface area (Å²) in [6, 6.07) is 6.71. The number of rotatable bonds is 5. The van der Waals surface area contributed by atoms with E-state index in [1.807, 2.05) is 0 Å². The number of alkyl halides is 2. The van der Waals surface area contributed by atoms with Gasteiger partial charge in [-0.05, 0) is 24.7 Å². The molecule has 0 aromatic heterocycles. The lowest BCUT2D eigenvalue weighted by Crippen LogP contribution is -2.50. The lowest BCUT2D eigenvalue weighted by atomic mass is 10.2. The van der Waals surface area contributed by atoms with E-state index in [1.165, 1.54) is 0 Å². The first kappa shape index (κ1) is 14.2. The molecule has 4 nitrogen and oxygen atoms in total. The van der Waals surface area contributed by atoms with Gasteiger partial charge in [0.2, 0.25) is 0 Å². The van der Waals surface area contributed by atoms with Gasteiger partial charge in [-0.1, -0.05) is 12.1 Å². The van der Waals surface area contributed by atoms with Gasteiger partial charge >= 0.3 is 6.61 Å². The van der Waals surface area contributed by atoms with Crippen LogP contribution in [0.5, 0.6) is 5.75 Å². The summed E-state index contributed by atoms with van der Waals surface area (Å²) in [6.45, 7) is 2.00. The fourth-order valence-electron chi connectivity index (χ4n) is 1.96. The predicted molar refractivity (Wildman–Crippen MR) is 69.0 cm³/mol. The normalized spacial score (nSPS) is 17.9. The molecule has 0 spiro atoms. The van der Waals surface area contributed by atoms with E-state index < -0.39 is 6.61 Å². The van der Waals surface area contributed by atoms with Crippen LogP contribution in [0.25, 0.3) is 0 Å². The van der Waals surface area contributed by atoms with Crippen molar-refractivity contribution in [3.05, 3.63) is 29.8 Å². The third kappa shape index (κ3) is 4.74. The van der Waals surface area contributed by atoms with E-state index >= 15 is 0 Å². The zero-order chi connectivity index (χ0) is 13.7. The van der Waals surface area contributed by atoms with Crippen LogP contribution in [0.15, 0.2) is 24.3 Å². The molecule has 106 valence electrons. The topological polar surface area (TPSA) is 27.7 Å². The molecule has 1 fully saturated rings. The quantitative estimate of drug-likeness (QED) is 0.879. The first-order chi connectivity index (χ1) is 9.13. The van der Waals surface area contributed by atoms with Crippen LogP contribution in [-0.4, -0.2) is 49.7 Å². The SMILES string of the molecule is CN1CCN(NCc2ccc(OC(F)F)cc2)CC1. The molecule has 0 aliphatic carbocycles. The maximum atomic E-state index is 12.0. The van der Waals surface area contributed by atoms with Gasteiger partial charge in [0.15, 0.2) is 0 Å². The van der Waals surface area contributed by atoms with Gasteiger partial charge in [-0.25, -0.2) is 5.01 Å². The number of hydrazine groups is 1. The van der Waals surface area contributed by atoms with E-state index in [0.717, 1.165) is 31.7 Å². The Bertz CT molecular complexity index is 378. The molecule has 1 N–H and O–H groups in total. The minimum atomic E-state index is -2.77. The van der Waals surface area contributed by atoms with E-state index in [2.05, 4.69) is 27.1 Å². The summed E-state index contributed by atoms with van der Waals surface area (Å²) >= 11 is 0. The standard InChI is InChI=1S/C13H19F2N3O/c1-17-6-8-18(9-7-17)16-10-11-2-4-12(5-3-11)19-13(14)15/h2-5,13,16H,6-10H2,1H3. The Kier molecular flexibility index (Phi) is 5.07. The van der Waals surface area contributed by atoms with Gasteiger partial charge in [0.05, 0.1) is 0 Å². The number of likely N-dealkylation sites (N-methyl/N-ethyl adjacent to an activating group) is 1. The van der Waals surface area contributed by atoms with Gasteiger partial charge in [-0.2, -0.15) is 8.78 Å². The van der Waals surface area contributed by atoms with Crippen molar-refractivity contribution in [2.75, 3.05) is 33.2 Å². The highest BCUT2D eigenvalue weighted by Gasteiger charge is 2.12. The average molecular weight is 271 g/mol. The molecule has 0 atom stereocenters. The Labute approximate surface area is 111 Å². The van der Waals surface area contributed by atoms with Crippen LogP contribution >= 0.6 is 0 Å². The number of piperazine rings is 1. The van der Waals surface area contributed by atoms with Crippen LogP contribution < -0.4 is 10.2 Å². The van der Waals surface area contributed by atoms with Crippen LogP contribution in [0, 0.1) is 0 Å². The third-order valence-electron chi connectivity index (χ3n) is 3.16. The van der Waals surface area contributed by atoms with Crippen LogP contribution in [0.3, 0.4) is 0 Å². The summed E-state index contributed by atoms with van der Waals surface area (Å²) in [6.07, 6.45) is 0. The third-order valence-corrected chi connectivity index (χ3v) is 3.16. The van der Waals surface area contributed by atoms with Gasteiger partial charge in [0.1, 0.15) is 5.75 Å². The molecule has 1 aromatic rings. The van der Waals surface area contributed by atoms with Crippen LogP contribution in [0.2, 0.25) is 0 Å². The van der Waals surface area contributed by atoms with Crippen molar-refractivity contribution in [2.45, 2.75) is 13.2 Å². The van der Waals surface area contributed by atoms with Crippen molar-refractivity contribution in [3.8, 4) is 5.75 Å². The Hall–Kier alpha value is -1.24. The van der Waals surface area contributed by atoms with E-state index in [-0.39, 0.29) is 5.75 Å². The van der Waals surface area contributed by atoms with Crippen molar-refractivity contribution < 1.29 is 13.5 Å². The number of ether oxygens (including phenoxy) is 1. The number of nitrogens with zero attached hydrogens (tertiary/aromatic N) is 2.